The smallest absolute Gasteiger partial charge is 0.417 e. The van der Waals surface area contributed by atoms with Gasteiger partial charge in [-0.25, -0.2) is 4.79 Å². The third kappa shape index (κ3) is 2.81. The van der Waals surface area contributed by atoms with Crippen LogP contribution < -0.4 is 10.4 Å². The van der Waals surface area contributed by atoms with Crippen LogP contribution in [0.25, 0.3) is 11.0 Å². The van der Waals surface area contributed by atoms with Crippen LogP contribution in [0, 0.1) is 0 Å². The highest BCUT2D eigenvalue weighted by atomic mass is 19.4. The Morgan fingerprint density at radius 1 is 0.909 bits per heavy atom. The van der Waals surface area contributed by atoms with Gasteiger partial charge in [0.1, 0.15) is 17.1 Å². The number of fused-ring (bicyclic) bond motifs is 1. The van der Waals surface area contributed by atoms with Gasteiger partial charge in [0.25, 0.3) is 0 Å². The fourth-order valence-electron chi connectivity index (χ4n) is 2.07. The molecule has 0 saturated heterocycles. The number of halogens is 3. The van der Waals surface area contributed by atoms with Crippen molar-refractivity contribution in [1.82, 2.24) is 0 Å². The number of benzene rings is 2. The van der Waals surface area contributed by atoms with Crippen molar-refractivity contribution in [2.75, 3.05) is 0 Å². The van der Waals surface area contributed by atoms with Crippen LogP contribution in [0.5, 0.6) is 11.5 Å². The molecule has 0 unspecified atom stereocenters. The molecule has 1 aromatic heterocycles. The highest BCUT2D eigenvalue weighted by Gasteiger charge is 2.33. The maximum Gasteiger partial charge on any atom is 0.417 e. The molecule has 22 heavy (non-hydrogen) atoms. The first-order valence-electron chi connectivity index (χ1n) is 6.31. The molecule has 0 aliphatic heterocycles. The van der Waals surface area contributed by atoms with Gasteiger partial charge in [-0.05, 0) is 24.3 Å². The maximum absolute atomic E-state index is 12.9. The van der Waals surface area contributed by atoms with E-state index in [9.17, 15) is 18.0 Å². The summed E-state index contributed by atoms with van der Waals surface area (Å²) in [6, 6.07) is 13.1. The van der Waals surface area contributed by atoms with E-state index in [-0.39, 0.29) is 16.7 Å². The Bertz CT molecular complexity index is 867. The molecule has 6 heteroatoms. The van der Waals surface area contributed by atoms with E-state index in [1.165, 1.54) is 18.2 Å². The zero-order valence-corrected chi connectivity index (χ0v) is 11.1. The lowest BCUT2D eigenvalue weighted by molar-refractivity contribution is -0.136. The lowest BCUT2D eigenvalue weighted by Gasteiger charge is -2.10. The van der Waals surface area contributed by atoms with Gasteiger partial charge in [0, 0.05) is 17.5 Å². The molecule has 0 atom stereocenters. The highest BCUT2D eigenvalue weighted by Crippen LogP contribution is 2.35. The zero-order valence-electron chi connectivity index (χ0n) is 11.1. The van der Waals surface area contributed by atoms with Gasteiger partial charge in [-0.1, -0.05) is 18.2 Å². The van der Waals surface area contributed by atoms with Crippen molar-refractivity contribution in [3.05, 3.63) is 70.6 Å². The molecule has 0 radical (unpaired) electrons. The van der Waals surface area contributed by atoms with Crippen molar-refractivity contribution in [2.45, 2.75) is 6.18 Å². The van der Waals surface area contributed by atoms with Gasteiger partial charge in [0.2, 0.25) is 0 Å². The summed E-state index contributed by atoms with van der Waals surface area (Å²) in [4.78, 5) is 11.3. The van der Waals surface area contributed by atoms with Gasteiger partial charge < -0.3 is 9.15 Å². The van der Waals surface area contributed by atoms with E-state index in [2.05, 4.69) is 0 Å². The largest absolute Gasteiger partial charge is 0.457 e. The highest BCUT2D eigenvalue weighted by molar-refractivity contribution is 5.82. The van der Waals surface area contributed by atoms with Crippen LogP contribution in [0.2, 0.25) is 0 Å². The molecule has 1 heterocycles. The average Bonchev–Trinajstić information content (AvgIpc) is 2.46. The minimum Gasteiger partial charge on any atom is -0.457 e. The Kier molecular flexibility index (Phi) is 3.36. The second-order valence-corrected chi connectivity index (χ2v) is 4.55. The SMILES string of the molecule is O=c1cc(C(F)(F)F)c2ccc(Oc3ccccc3)cc2o1. The molecule has 3 rings (SSSR count). The minimum atomic E-state index is -4.63. The summed E-state index contributed by atoms with van der Waals surface area (Å²) in [5.41, 5.74) is -2.25. The minimum absolute atomic E-state index is 0.173. The van der Waals surface area contributed by atoms with Gasteiger partial charge in [-0.15, -0.1) is 0 Å². The molecular weight excluding hydrogens is 297 g/mol. The molecule has 0 fully saturated rings. The zero-order chi connectivity index (χ0) is 15.7. The molecule has 2 aromatic carbocycles. The van der Waals surface area contributed by atoms with E-state index in [1.807, 2.05) is 6.07 Å². The van der Waals surface area contributed by atoms with Gasteiger partial charge in [-0.2, -0.15) is 13.2 Å². The standard InChI is InChI=1S/C16H9F3O3/c17-16(18,19)13-9-15(20)22-14-8-11(6-7-12(13)14)21-10-4-2-1-3-5-10/h1-9H. The first kappa shape index (κ1) is 14.2. The quantitative estimate of drug-likeness (QED) is 0.649. The second-order valence-electron chi connectivity index (χ2n) is 4.55. The Morgan fingerprint density at radius 3 is 2.32 bits per heavy atom. The monoisotopic (exact) mass is 306 g/mol. The maximum atomic E-state index is 12.9. The van der Waals surface area contributed by atoms with Crippen LogP contribution >= 0.6 is 0 Å². The molecule has 3 aromatic rings. The molecule has 0 saturated carbocycles. The number of hydrogen-bond acceptors (Lipinski definition) is 3. The lowest BCUT2D eigenvalue weighted by Crippen LogP contribution is -2.10. The summed E-state index contributed by atoms with van der Waals surface area (Å²) in [5.74, 6) is 0.803. The Labute approximate surface area is 122 Å². The van der Waals surface area contributed by atoms with E-state index in [0.717, 1.165) is 0 Å². The first-order chi connectivity index (χ1) is 10.4. The third-order valence-electron chi connectivity index (χ3n) is 3.00. The topological polar surface area (TPSA) is 39.4 Å². The normalized spacial score (nSPS) is 11.6. The van der Waals surface area contributed by atoms with Crippen LogP contribution in [-0.4, -0.2) is 0 Å². The molecule has 112 valence electrons. The molecule has 0 aliphatic carbocycles. The fraction of sp³-hybridized carbons (Fsp3) is 0.0625. The molecule has 0 spiro atoms. The van der Waals surface area contributed by atoms with Crippen LogP contribution in [0.1, 0.15) is 5.56 Å². The number of para-hydroxylation sites is 1. The van der Waals surface area contributed by atoms with Crippen molar-refractivity contribution in [3.8, 4) is 11.5 Å². The van der Waals surface area contributed by atoms with E-state index < -0.39 is 17.4 Å². The van der Waals surface area contributed by atoms with Gasteiger partial charge in [0.15, 0.2) is 0 Å². The van der Waals surface area contributed by atoms with Crippen LogP contribution in [0.15, 0.2) is 63.8 Å². The second kappa shape index (κ2) is 5.22. The summed E-state index contributed by atoms with van der Waals surface area (Å²) < 4.78 is 49.1. The van der Waals surface area contributed by atoms with Crippen LogP contribution in [0.4, 0.5) is 13.2 Å². The average molecular weight is 306 g/mol. The lowest BCUT2D eigenvalue weighted by atomic mass is 10.1. The van der Waals surface area contributed by atoms with Crippen molar-refractivity contribution >= 4 is 11.0 Å². The van der Waals surface area contributed by atoms with Gasteiger partial charge in [0.05, 0.1) is 5.56 Å². The molecule has 0 N–H and O–H groups in total. The first-order valence-corrected chi connectivity index (χ1v) is 6.31. The Morgan fingerprint density at radius 2 is 1.64 bits per heavy atom. The van der Waals surface area contributed by atoms with Crippen molar-refractivity contribution in [3.63, 3.8) is 0 Å². The fourth-order valence-corrected chi connectivity index (χ4v) is 2.07. The predicted molar refractivity (Wildman–Crippen MR) is 74.0 cm³/mol. The summed E-state index contributed by atoms with van der Waals surface area (Å²) in [7, 11) is 0. The number of rotatable bonds is 2. The van der Waals surface area contributed by atoms with Crippen LogP contribution in [-0.2, 0) is 6.18 Å². The van der Waals surface area contributed by atoms with Gasteiger partial charge >= 0.3 is 11.8 Å². The molecule has 0 aliphatic rings. The number of ether oxygens (including phenoxy) is 1. The Hall–Kier alpha value is -2.76. The number of hydrogen-bond donors (Lipinski definition) is 0. The van der Waals surface area contributed by atoms with Crippen LogP contribution in [0.3, 0.4) is 0 Å². The summed E-state index contributed by atoms with van der Waals surface area (Å²) in [6.45, 7) is 0. The van der Waals surface area contributed by atoms with Crippen molar-refractivity contribution < 1.29 is 22.3 Å². The van der Waals surface area contributed by atoms with E-state index >= 15 is 0 Å². The summed E-state index contributed by atoms with van der Waals surface area (Å²) in [6.07, 6.45) is -4.63. The molecule has 0 bridgehead atoms. The Balaban J connectivity index is 2.09. The van der Waals surface area contributed by atoms with Crippen molar-refractivity contribution in [1.29, 1.82) is 0 Å². The van der Waals surface area contributed by atoms with E-state index in [1.54, 1.807) is 24.3 Å². The molecule has 3 nitrogen and oxygen atoms in total. The van der Waals surface area contributed by atoms with Gasteiger partial charge in [-0.3, -0.25) is 0 Å². The molecular formula is C16H9F3O3. The van der Waals surface area contributed by atoms with Crippen molar-refractivity contribution in [2.24, 2.45) is 0 Å². The number of alkyl halides is 3. The third-order valence-corrected chi connectivity index (χ3v) is 3.00. The predicted octanol–water partition coefficient (Wildman–Crippen LogP) is 4.60. The van der Waals surface area contributed by atoms with E-state index in [4.69, 9.17) is 9.15 Å². The summed E-state index contributed by atoms with van der Waals surface area (Å²) in [5, 5.41) is -0.187. The summed E-state index contributed by atoms with van der Waals surface area (Å²) >= 11 is 0. The van der Waals surface area contributed by atoms with E-state index in [0.29, 0.717) is 11.8 Å². The molecule has 0 amide bonds.